The lowest BCUT2D eigenvalue weighted by Crippen LogP contribution is -2.53. The van der Waals surface area contributed by atoms with Gasteiger partial charge in [0, 0.05) is 38.3 Å². The average molecular weight is 327 g/mol. The highest BCUT2D eigenvalue weighted by Crippen LogP contribution is 2.34. The first-order chi connectivity index (χ1) is 11.7. The van der Waals surface area contributed by atoms with Crippen molar-refractivity contribution in [2.75, 3.05) is 26.2 Å². The van der Waals surface area contributed by atoms with Crippen molar-refractivity contribution in [1.82, 2.24) is 15.1 Å². The molecule has 1 aromatic rings. The van der Waals surface area contributed by atoms with E-state index in [1.165, 1.54) is 30.4 Å². The zero-order valence-electron chi connectivity index (χ0n) is 14.0. The van der Waals surface area contributed by atoms with Gasteiger partial charge >= 0.3 is 11.8 Å². The van der Waals surface area contributed by atoms with Crippen LogP contribution in [0.4, 0.5) is 0 Å². The van der Waals surface area contributed by atoms with Gasteiger partial charge in [0.25, 0.3) is 0 Å². The molecule has 0 bridgehead atoms. The number of nitrogens with one attached hydrogen (secondary N) is 1. The minimum absolute atomic E-state index is 0.237. The van der Waals surface area contributed by atoms with Crippen LogP contribution < -0.4 is 5.32 Å². The third-order valence-corrected chi connectivity index (χ3v) is 5.49. The van der Waals surface area contributed by atoms with Crippen LogP contribution in [0.15, 0.2) is 24.3 Å². The molecule has 1 saturated carbocycles. The largest absolute Gasteiger partial charge is 0.345 e. The van der Waals surface area contributed by atoms with Crippen molar-refractivity contribution in [3.05, 3.63) is 35.4 Å². The monoisotopic (exact) mass is 327 g/mol. The standard InChI is InChI=1S/C19H25N3O2/c23-18(20-15-8-9-15)19(24)22-12-10-21(11-13-22)17-7-3-5-14-4-1-2-6-16(14)17/h1-2,4,6,15,17H,3,5,7-13H2,(H,20,23)/t17-/m0/s1. The molecular formula is C19H25N3O2. The van der Waals surface area contributed by atoms with Gasteiger partial charge in [-0.15, -0.1) is 0 Å². The third kappa shape index (κ3) is 3.18. The molecule has 5 nitrogen and oxygen atoms in total. The molecule has 1 heterocycles. The molecule has 0 radical (unpaired) electrons. The van der Waals surface area contributed by atoms with Crippen molar-refractivity contribution < 1.29 is 9.59 Å². The lowest BCUT2D eigenvalue weighted by atomic mass is 9.86. The van der Waals surface area contributed by atoms with E-state index in [1.54, 1.807) is 4.90 Å². The lowest BCUT2D eigenvalue weighted by molar-refractivity contribution is -0.147. The molecule has 0 spiro atoms. The maximum absolute atomic E-state index is 12.2. The van der Waals surface area contributed by atoms with Gasteiger partial charge in [0.05, 0.1) is 0 Å². The van der Waals surface area contributed by atoms with Gasteiger partial charge in [-0.25, -0.2) is 0 Å². The summed E-state index contributed by atoms with van der Waals surface area (Å²) in [6.07, 6.45) is 5.60. The first kappa shape index (κ1) is 15.6. The van der Waals surface area contributed by atoms with Gasteiger partial charge in [0.2, 0.25) is 0 Å². The SMILES string of the molecule is O=C(NC1CC1)C(=O)N1CCN([C@H]2CCCc3ccccc32)CC1. The fourth-order valence-electron chi connectivity index (χ4n) is 3.96. The highest BCUT2D eigenvalue weighted by molar-refractivity contribution is 6.35. The molecule has 1 aromatic carbocycles. The van der Waals surface area contributed by atoms with Crippen LogP contribution in [0.25, 0.3) is 0 Å². The number of nitrogens with zero attached hydrogens (tertiary/aromatic N) is 2. The van der Waals surface area contributed by atoms with Crippen LogP contribution in [0.2, 0.25) is 0 Å². The van der Waals surface area contributed by atoms with Crippen molar-refractivity contribution in [1.29, 1.82) is 0 Å². The smallest absolute Gasteiger partial charge is 0.311 e. The Balaban J connectivity index is 1.36. The molecule has 3 aliphatic rings. The number of hydrogen-bond donors (Lipinski definition) is 1. The summed E-state index contributed by atoms with van der Waals surface area (Å²) >= 11 is 0. The number of amides is 2. The molecule has 1 saturated heterocycles. The summed E-state index contributed by atoms with van der Waals surface area (Å²) in [6, 6.07) is 9.44. The predicted octanol–water partition coefficient (Wildman–Crippen LogP) is 1.49. The van der Waals surface area contributed by atoms with Gasteiger partial charge in [0.1, 0.15) is 0 Å². The highest BCUT2D eigenvalue weighted by Gasteiger charge is 2.33. The van der Waals surface area contributed by atoms with Crippen LogP contribution in [0, 0.1) is 0 Å². The van der Waals surface area contributed by atoms with Crippen LogP contribution >= 0.6 is 0 Å². The number of piperazine rings is 1. The van der Waals surface area contributed by atoms with Gasteiger partial charge in [-0.1, -0.05) is 24.3 Å². The Labute approximate surface area is 143 Å². The topological polar surface area (TPSA) is 52.7 Å². The summed E-state index contributed by atoms with van der Waals surface area (Å²) < 4.78 is 0. The molecular weight excluding hydrogens is 302 g/mol. The van der Waals surface area contributed by atoms with E-state index in [4.69, 9.17) is 0 Å². The normalized spacial score (nSPS) is 24.3. The Hall–Kier alpha value is -1.88. The molecule has 0 aromatic heterocycles. The number of rotatable bonds is 2. The van der Waals surface area contributed by atoms with Crippen LogP contribution in [-0.2, 0) is 16.0 Å². The number of aryl methyl sites for hydroxylation is 1. The van der Waals surface area contributed by atoms with Crippen LogP contribution in [0.1, 0.15) is 42.9 Å². The Bertz CT molecular complexity index is 633. The second-order valence-electron chi connectivity index (χ2n) is 7.18. The number of carbonyl (C=O) groups is 2. The summed E-state index contributed by atoms with van der Waals surface area (Å²) in [5, 5.41) is 2.79. The first-order valence-corrected chi connectivity index (χ1v) is 9.14. The minimum atomic E-state index is -0.422. The predicted molar refractivity (Wildman–Crippen MR) is 91.4 cm³/mol. The molecule has 4 rings (SSSR count). The molecule has 2 aliphatic carbocycles. The van der Waals surface area contributed by atoms with E-state index in [1.807, 2.05) is 0 Å². The summed E-state index contributed by atoms with van der Waals surface area (Å²) in [4.78, 5) is 28.4. The highest BCUT2D eigenvalue weighted by atomic mass is 16.2. The second kappa shape index (κ2) is 6.55. The van der Waals surface area contributed by atoms with E-state index in [9.17, 15) is 9.59 Å². The molecule has 1 atom stereocenters. The number of carbonyl (C=O) groups excluding carboxylic acids is 2. The molecule has 2 amide bonds. The van der Waals surface area contributed by atoms with Crippen molar-refractivity contribution in [2.45, 2.75) is 44.2 Å². The molecule has 5 heteroatoms. The van der Waals surface area contributed by atoms with Gasteiger partial charge < -0.3 is 10.2 Å². The minimum Gasteiger partial charge on any atom is -0.345 e. The van der Waals surface area contributed by atoms with Crippen molar-refractivity contribution >= 4 is 11.8 Å². The van der Waals surface area contributed by atoms with E-state index in [0.717, 1.165) is 25.9 Å². The van der Waals surface area contributed by atoms with E-state index in [0.29, 0.717) is 19.1 Å². The van der Waals surface area contributed by atoms with Crippen LogP contribution in [-0.4, -0.2) is 53.8 Å². The van der Waals surface area contributed by atoms with Gasteiger partial charge in [0.15, 0.2) is 0 Å². The average Bonchev–Trinajstić information content (AvgIpc) is 3.45. The van der Waals surface area contributed by atoms with E-state index in [2.05, 4.69) is 34.5 Å². The van der Waals surface area contributed by atoms with Crippen molar-refractivity contribution in [3.8, 4) is 0 Å². The van der Waals surface area contributed by atoms with Crippen molar-refractivity contribution in [2.24, 2.45) is 0 Å². The quantitative estimate of drug-likeness (QED) is 0.837. The maximum Gasteiger partial charge on any atom is 0.311 e. The summed E-state index contributed by atoms with van der Waals surface area (Å²) in [5.74, 6) is -0.778. The summed E-state index contributed by atoms with van der Waals surface area (Å²) in [7, 11) is 0. The van der Waals surface area contributed by atoms with E-state index < -0.39 is 5.91 Å². The molecule has 1 N–H and O–H groups in total. The van der Waals surface area contributed by atoms with Gasteiger partial charge in [-0.3, -0.25) is 14.5 Å². The zero-order chi connectivity index (χ0) is 16.5. The molecule has 1 aliphatic heterocycles. The Morgan fingerprint density at radius 1 is 1.00 bits per heavy atom. The zero-order valence-corrected chi connectivity index (χ0v) is 14.0. The fraction of sp³-hybridized carbons (Fsp3) is 0.579. The maximum atomic E-state index is 12.2. The Morgan fingerprint density at radius 2 is 1.75 bits per heavy atom. The molecule has 24 heavy (non-hydrogen) atoms. The fourth-order valence-corrected chi connectivity index (χ4v) is 3.96. The summed E-state index contributed by atoms with van der Waals surface area (Å²) in [5.41, 5.74) is 2.92. The van der Waals surface area contributed by atoms with E-state index >= 15 is 0 Å². The third-order valence-electron chi connectivity index (χ3n) is 5.49. The molecule has 128 valence electrons. The molecule has 0 unspecified atom stereocenters. The van der Waals surface area contributed by atoms with E-state index in [-0.39, 0.29) is 11.9 Å². The molecule has 2 fully saturated rings. The Kier molecular flexibility index (Phi) is 4.27. The second-order valence-corrected chi connectivity index (χ2v) is 7.18. The van der Waals surface area contributed by atoms with Crippen molar-refractivity contribution in [3.63, 3.8) is 0 Å². The van der Waals surface area contributed by atoms with Gasteiger partial charge in [-0.05, 0) is 43.2 Å². The van der Waals surface area contributed by atoms with Crippen LogP contribution in [0.3, 0.4) is 0 Å². The Morgan fingerprint density at radius 3 is 2.50 bits per heavy atom. The van der Waals surface area contributed by atoms with Gasteiger partial charge in [-0.2, -0.15) is 0 Å². The summed E-state index contributed by atoms with van der Waals surface area (Å²) in [6.45, 7) is 2.99. The lowest BCUT2D eigenvalue weighted by Gasteiger charge is -2.41. The number of fused-ring (bicyclic) bond motifs is 1. The number of hydrogen-bond acceptors (Lipinski definition) is 3. The number of benzene rings is 1. The van der Waals surface area contributed by atoms with Crippen LogP contribution in [0.5, 0.6) is 0 Å². The first-order valence-electron chi connectivity index (χ1n) is 9.14.